The molecule has 6 nitrogen and oxygen atoms in total. The molecule has 0 saturated heterocycles. The zero-order valence-electron chi connectivity index (χ0n) is 25.1. The molecule has 4 aliphatic carbocycles. The Hall–Kier alpha value is -2.05. The molecule has 0 radical (unpaired) electrons. The van der Waals surface area contributed by atoms with Crippen LogP contribution in [0, 0.1) is 34.5 Å². The Bertz CT molecular complexity index is 1250. The van der Waals surface area contributed by atoms with E-state index in [9.17, 15) is 9.90 Å². The van der Waals surface area contributed by atoms with Gasteiger partial charge in [-0.25, -0.2) is 0 Å². The standard InChI is InChI=1S/C34H48NO5/c1-33-13-10-22(36)17-21(33)6-7-23-24-8-9-26(34(24,2)14-11-25(23)33)28(37)18-27-30-20(12-15-35(27,3)4)16-29-31(32(30)38-5)40-19-39-29/h6,16,22-27,36H,7-15,17-19H2,1-5H3/q+1/t22-,23+,24+,25+,26+,27-,33+,34+/m1/s1. The Morgan fingerprint density at radius 3 is 2.75 bits per heavy atom. The second-order valence-corrected chi connectivity index (χ2v) is 15.0. The van der Waals surface area contributed by atoms with Crippen LogP contribution in [0.4, 0.5) is 0 Å². The predicted octanol–water partition coefficient (Wildman–Crippen LogP) is 6.00. The summed E-state index contributed by atoms with van der Waals surface area (Å²) in [6, 6.07) is 2.17. The molecule has 6 aliphatic rings. The summed E-state index contributed by atoms with van der Waals surface area (Å²) in [5.41, 5.74) is 4.23. The van der Waals surface area contributed by atoms with Gasteiger partial charge in [-0.2, -0.15) is 0 Å². The molecule has 0 aromatic heterocycles. The number of benzene rings is 1. The molecule has 6 heteroatoms. The maximum Gasteiger partial charge on any atom is 0.231 e. The van der Waals surface area contributed by atoms with Crippen LogP contribution in [0.25, 0.3) is 0 Å². The van der Waals surface area contributed by atoms with E-state index in [1.807, 2.05) is 0 Å². The Balaban J connectivity index is 1.16. The maximum atomic E-state index is 14.4. The predicted molar refractivity (Wildman–Crippen MR) is 153 cm³/mol. The SMILES string of the molecule is COc1c2c(cc3c1[C@@H](CC(=O)[C@@H]1CC[C@H]4[C@@H]5CC=C6C[C@H](O)CC[C@]6(C)[C@H]5CC[C@]14C)[N+](C)(C)CC3)OCO2. The number of likely N-dealkylation sites (N-methyl/N-ethyl adjacent to an activating group) is 1. The van der Waals surface area contributed by atoms with Gasteiger partial charge in [0.1, 0.15) is 11.8 Å². The van der Waals surface area contributed by atoms with Crippen molar-refractivity contribution in [2.24, 2.45) is 34.5 Å². The van der Waals surface area contributed by atoms with Crippen LogP contribution < -0.4 is 14.2 Å². The number of methoxy groups -OCH3 is 1. The zero-order valence-corrected chi connectivity index (χ0v) is 25.1. The number of fused-ring (bicyclic) bond motifs is 7. The fourth-order valence-electron chi connectivity index (χ4n) is 10.6. The number of aliphatic hydroxyl groups is 1. The zero-order chi connectivity index (χ0) is 28.0. The first-order chi connectivity index (χ1) is 19.1. The summed E-state index contributed by atoms with van der Waals surface area (Å²) in [7, 11) is 6.25. The molecule has 1 N–H and O–H groups in total. The van der Waals surface area contributed by atoms with E-state index in [0.29, 0.717) is 35.7 Å². The molecule has 0 bridgehead atoms. The summed E-state index contributed by atoms with van der Waals surface area (Å²) >= 11 is 0. The number of nitrogens with zero attached hydrogens (tertiary/aromatic N) is 1. The first kappa shape index (κ1) is 26.8. The largest absolute Gasteiger partial charge is 0.492 e. The summed E-state index contributed by atoms with van der Waals surface area (Å²) in [5.74, 6) is 4.79. The topological polar surface area (TPSA) is 65.0 Å². The highest BCUT2D eigenvalue weighted by Crippen LogP contribution is 2.66. The molecule has 1 aromatic rings. The van der Waals surface area contributed by atoms with Gasteiger partial charge in [-0.15, -0.1) is 0 Å². The Morgan fingerprint density at radius 2 is 1.95 bits per heavy atom. The molecule has 2 heterocycles. The summed E-state index contributed by atoms with van der Waals surface area (Å²) in [4.78, 5) is 14.4. The number of quaternary nitrogens is 1. The molecule has 0 spiro atoms. The van der Waals surface area contributed by atoms with Crippen molar-refractivity contribution < 1.29 is 28.6 Å². The maximum absolute atomic E-state index is 14.4. The van der Waals surface area contributed by atoms with E-state index in [0.717, 1.165) is 73.0 Å². The summed E-state index contributed by atoms with van der Waals surface area (Å²) < 4.78 is 18.3. The van der Waals surface area contributed by atoms with E-state index in [1.165, 1.54) is 24.0 Å². The Labute approximate surface area is 239 Å². The van der Waals surface area contributed by atoms with Crippen LogP contribution >= 0.6 is 0 Å². The van der Waals surface area contributed by atoms with Crippen LogP contribution in [0.1, 0.15) is 88.8 Å². The molecular formula is C34H48NO5+. The van der Waals surface area contributed by atoms with Crippen LogP contribution in [0.2, 0.25) is 0 Å². The summed E-state index contributed by atoms with van der Waals surface area (Å²) in [6.07, 6.45) is 12.5. The van der Waals surface area contributed by atoms with Gasteiger partial charge in [-0.05, 0) is 91.6 Å². The molecule has 0 unspecified atom stereocenters. The van der Waals surface area contributed by atoms with Crippen molar-refractivity contribution in [3.05, 3.63) is 28.8 Å². The third-order valence-electron chi connectivity index (χ3n) is 12.9. The van der Waals surface area contributed by atoms with Gasteiger partial charge in [0.25, 0.3) is 0 Å². The fraction of sp³-hybridized carbons (Fsp3) is 0.735. The van der Waals surface area contributed by atoms with E-state index in [1.54, 1.807) is 7.11 Å². The summed E-state index contributed by atoms with van der Waals surface area (Å²) in [6.45, 7) is 6.16. The molecular weight excluding hydrogens is 502 g/mol. The molecule has 40 heavy (non-hydrogen) atoms. The van der Waals surface area contributed by atoms with Crippen LogP contribution in [0.5, 0.6) is 17.2 Å². The molecule has 1 aromatic carbocycles. The number of Topliss-reactive ketones (excluding diaryl/α,β-unsaturated/α-hetero) is 1. The minimum atomic E-state index is -0.162. The number of ketones is 1. The van der Waals surface area contributed by atoms with Gasteiger partial charge < -0.3 is 23.8 Å². The highest BCUT2D eigenvalue weighted by Gasteiger charge is 2.60. The van der Waals surface area contributed by atoms with Crippen LogP contribution in [-0.2, 0) is 11.2 Å². The van der Waals surface area contributed by atoms with Crippen molar-refractivity contribution in [2.75, 3.05) is 34.5 Å². The fourth-order valence-corrected chi connectivity index (χ4v) is 10.6. The van der Waals surface area contributed by atoms with Crippen molar-refractivity contribution >= 4 is 5.78 Å². The number of allylic oxidation sites excluding steroid dienone is 1. The lowest BCUT2D eigenvalue weighted by Gasteiger charge is -2.58. The minimum absolute atomic E-state index is 0.0486. The highest BCUT2D eigenvalue weighted by molar-refractivity contribution is 5.83. The van der Waals surface area contributed by atoms with Gasteiger partial charge in [0, 0.05) is 12.3 Å². The first-order valence-electron chi connectivity index (χ1n) is 15.8. The third-order valence-corrected chi connectivity index (χ3v) is 12.9. The second kappa shape index (κ2) is 9.22. The average Bonchev–Trinajstić information content (AvgIpc) is 3.53. The number of rotatable bonds is 4. The number of ether oxygens (including phenoxy) is 3. The Kier molecular flexibility index (Phi) is 6.19. The van der Waals surface area contributed by atoms with Crippen molar-refractivity contribution in [1.82, 2.24) is 0 Å². The number of carbonyl (C=O) groups is 1. The molecule has 0 amide bonds. The van der Waals surface area contributed by atoms with Gasteiger partial charge in [0.15, 0.2) is 11.5 Å². The average molecular weight is 551 g/mol. The lowest BCUT2D eigenvalue weighted by Crippen LogP contribution is -2.52. The number of carbonyl (C=O) groups excluding carboxylic acids is 1. The van der Waals surface area contributed by atoms with Crippen molar-refractivity contribution in [1.29, 1.82) is 0 Å². The third kappa shape index (κ3) is 3.77. The van der Waals surface area contributed by atoms with Gasteiger partial charge in [0.2, 0.25) is 12.5 Å². The minimum Gasteiger partial charge on any atom is -0.492 e. The summed E-state index contributed by atoms with van der Waals surface area (Å²) in [5, 5.41) is 10.4. The smallest absolute Gasteiger partial charge is 0.231 e. The molecule has 218 valence electrons. The van der Waals surface area contributed by atoms with E-state index < -0.39 is 0 Å². The molecule has 3 fully saturated rings. The van der Waals surface area contributed by atoms with E-state index in [-0.39, 0.29) is 35.7 Å². The lowest BCUT2D eigenvalue weighted by molar-refractivity contribution is -0.922. The number of hydrogen-bond donors (Lipinski definition) is 1. The van der Waals surface area contributed by atoms with Crippen LogP contribution in [-0.4, -0.2) is 56.0 Å². The van der Waals surface area contributed by atoms with Crippen LogP contribution in [0.3, 0.4) is 0 Å². The quantitative estimate of drug-likeness (QED) is 0.368. The molecule has 8 atom stereocenters. The van der Waals surface area contributed by atoms with Crippen LogP contribution in [0.15, 0.2) is 17.7 Å². The van der Waals surface area contributed by atoms with Gasteiger partial charge >= 0.3 is 0 Å². The van der Waals surface area contributed by atoms with E-state index >= 15 is 0 Å². The van der Waals surface area contributed by atoms with Gasteiger partial charge in [-0.3, -0.25) is 4.79 Å². The first-order valence-corrected chi connectivity index (χ1v) is 15.8. The lowest BCUT2D eigenvalue weighted by atomic mass is 9.47. The monoisotopic (exact) mass is 550 g/mol. The van der Waals surface area contributed by atoms with Gasteiger partial charge in [-0.1, -0.05) is 25.5 Å². The van der Waals surface area contributed by atoms with Crippen molar-refractivity contribution in [3.63, 3.8) is 0 Å². The second-order valence-electron chi connectivity index (χ2n) is 15.0. The molecule has 7 rings (SSSR count). The Morgan fingerprint density at radius 1 is 1.12 bits per heavy atom. The normalized spacial score (nSPS) is 40.8. The van der Waals surface area contributed by atoms with Crippen molar-refractivity contribution in [2.45, 2.75) is 90.2 Å². The van der Waals surface area contributed by atoms with E-state index in [4.69, 9.17) is 14.2 Å². The molecule has 3 saturated carbocycles. The van der Waals surface area contributed by atoms with Crippen molar-refractivity contribution in [3.8, 4) is 17.2 Å². The van der Waals surface area contributed by atoms with E-state index in [2.05, 4.69) is 40.1 Å². The van der Waals surface area contributed by atoms with Gasteiger partial charge in [0.05, 0.1) is 45.8 Å². The number of aliphatic hydroxyl groups excluding tert-OH is 1. The molecule has 2 aliphatic heterocycles. The highest BCUT2D eigenvalue weighted by atomic mass is 16.7. The number of hydrogen-bond acceptors (Lipinski definition) is 5.